The molecule has 4 rings (SSSR count). The first-order chi connectivity index (χ1) is 15.0. The Balaban J connectivity index is 1.64. The van der Waals surface area contributed by atoms with Gasteiger partial charge in [-0.2, -0.15) is 0 Å². The number of allylic oxidation sites excluding steroid dienone is 3. The van der Waals surface area contributed by atoms with Crippen molar-refractivity contribution in [3.8, 4) is 0 Å². The predicted octanol–water partition coefficient (Wildman–Crippen LogP) is 6.15. The van der Waals surface area contributed by atoms with Crippen LogP contribution in [0.1, 0.15) is 86.5 Å². The molecule has 0 saturated heterocycles. The highest BCUT2D eigenvalue weighted by atomic mass is 16.5. The Hall–Kier alpha value is -0.640. The van der Waals surface area contributed by atoms with Gasteiger partial charge >= 0.3 is 0 Å². The summed E-state index contributed by atoms with van der Waals surface area (Å²) in [6.45, 7) is 14.2. The number of fused-ring (bicyclic) bond motifs is 5. The maximum Gasteiger partial charge on any atom is 0.105 e. The van der Waals surface area contributed by atoms with E-state index in [4.69, 9.17) is 4.74 Å². The molecule has 0 bridgehead atoms. The van der Waals surface area contributed by atoms with Gasteiger partial charge < -0.3 is 14.9 Å². The van der Waals surface area contributed by atoms with Gasteiger partial charge in [0.25, 0.3) is 0 Å². The van der Waals surface area contributed by atoms with Crippen molar-refractivity contribution in [3.63, 3.8) is 0 Å². The van der Waals surface area contributed by atoms with E-state index in [0.29, 0.717) is 47.3 Å². The molecule has 0 aliphatic heterocycles. The molecule has 32 heavy (non-hydrogen) atoms. The third-order valence-electron chi connectivity index (χ3n) is 11.0. The molecule has 0 heterocycles. The SMILES string of the molecule is CO[C@@H]1C=C2C3CCC(C(C)/C=C/C(C)C(C)C)[C@@]3(C)CCC2[C@@]2(C)CC[C@H](O)C[C@]12O. The van der Waals surface area contributed by atoms with Gasteiger partial charge in [0.1, 0.15) is 11.7 Å². The van der Waals surface area contributed by atoms with Crippen LogP contribution in [-0.4, -0.2) is 35.1 Å². The van der Waals surface area contributed by atoms with E-state index in [-0.39, 0.29) is 11.5 Å². The number of hydrogen-bond donors (Lipinski definition) is 2. The maximum atomic E-state index is 11.9. The predicted molar refractivity (Wildman–Crippen MR) is 131 cm³/mol. The first-order valence-electron chi connectivity index (χ1n) is 13.3. The van der Waals surface area contributed by atoms with E-state index in [1.54, 1.807) is 12.7 Å². The summed E-state index contributed by atoms with van der Waals surface area (Å²) in [6.07, 6.45) is 13.6. The highest BCUT2D eigenvalue weighted by Crippen LogP contribution is 2.67. The van der Waals surface area contributed by atoms with Crippen molar-refractivity contribution < 1.29 is 14.9 Å². The highest BCUT2D eigenvalue weighted by Gasteiger charge is 2.65. The Labute approximate surface area is 196 Å². The first-order valence-corrected chi connectivity index (χ1v) is 13.3. The summed E-state index contributed by atoms with van der Waals surface area (Å²) in [6, 6.07) is 0. The van der Waals surface area contributed by atoms with Crippen LogP contribution in [0.25, 0.3) is 0 Å². The van der Waals surface area contributed by atoms with Gasteiger partial charge in [-0.3, -0.25) is 0 Å². The van der Waals surface area contributed by atoms with Gasteiger partial charge in [-0.05, 0) is 79.4 Å². The molecule has 4 aliphatic carbocycles. The summed E-state index contributed by atoms with van der Waals surface area (Å²) >= 11 is 0. The van der Waals surface area contributed by atoms with Crippen LogP contribution >= 0.6 is 0 Å². The molecule has 10 atom stereocenters. The average Bonchev–Trinajstić information content (AvgIpc) is 3.09. The molecule has 4 aliphatic rings. The Morgan fingerprint density at radius 3 is 2.38 bits per heavy atom. The van der Waals surface area contributed by atoms with Crippen LogP contribution in [-0.2, 0) is 4.74 Å². The van der Waals surface area contributed by atoms with Crippen molar-refractivity contribution in [3.05, 3.63) is 23.8 Å². The number of aliphatic hydroxyl groups is 2. The smallest absolute Gasteiger partial charge is 0.105 e. The Morgan fingerprint density at radius 1 is 1.00 bits per heavy atom. The highest BCUT2D eigenvalue weighted by molar-refractivity contribution is 5.33. The van der Waals surface area contributed by atoms with Crippen LogP contribution in [0.2, 0.25) is 0 Å². The topological polar surface area (TPSA) is 49.7 Å². The van der Waals surface area contributed by atoms with Crippen LogP contribution in [0.5, 0.6) is 0 Å². The van der Waals surface area contributed by atoms with Gasteiger partial charge in [0, 0.05) is 18.9 Å². The normalized spacial score (nSPS) is 48.2. The zero-order valence-electron chi connectivity index (χ0n) is 21.6. The van der Waals surface area contributed by atoms with Crippen LogP contribution in [0, 0.1) is 46.3 Å². The fourth-order valence-electron chi connectivity index (χ4n) is 8.40. The molecule has 182 valence electrons. The minimum atomic E-state index is -0.970. The fourth-order valence-corrected chi connectivity index (χ4v) is 8.40. The van der Waals surface area contributed by atoms with Crippen LogP contribution in [0.15, 0.2) is 23.8 Å². The van der Waals surface area contributed by atoms with E-state index >= 15 is 0 Å². The number of rotatable bonds is 5. The molecule has 0 amide bonds. The lowest BCUT2D eigenvalue weighted by Crippen LogP contribution is -2.65. The van der Waals surface area contributed by atoms with E-state index in [9.17, 15) is 10.2 Å². The molecule has 2 N–H and O–H groups in total. The molecule has 3 fully saturated rings. The summed E-state index contributed by atoms with van der Waals surface area (Å²) in [4.78, 5) is 0. The Bertz CT molecular complexity index is 756. The first kappa shape index (κ1) is 24.5. The second-order valence-electron chi connectivity index (χ2n) is 12.7. The zero-order valence-corrected chi connectivity index (χ0v) is 21.6. The summed E-state index contributed by atoms with van der Waals surface area (Å²) in [5, 5.41) is 22.3. The van der Waals surface area contributed by atoms with Gasteiger partial charge in [0.2, 0.25) is 0 Å². The monoisotopic (exact) mass is 444 g/mol. The van der Waals surface area contributed by atoms with E-state index in [2.05, 4.69) is 59.8 Å². The largest absolute Gasteiger partial charge is 0.393 e. The number of aliphatic hydroxyl groups excluding tert-OH is 1. The summed E-state index contributed by atoms with van der Waals surface area (Å²) in [5.74, 6) is 3.63. The minimum Gasteiger partial charge on any atom is -0.393 e. The van der Waals surface area contributed by atoms with E-state index in [1.165, 1.54) is 19.3 Å². The lowest BCUT2D eigenvalue weighted by Gasteiger charge is -2.62. The van der Waals surface area contributed by atoms with Gasteiger partial charge in [0.15, 0.2) is 0 Å². The molecule has 0 aromatic carbocycles. The van der Waals surface area contributed by atoms with E-state index in [0.717, 1.165) is 19.3 Å². The maximum absolute atomic E-state index is 11.9. The third kappa shape index (κ3) is 3.57. The summed E-state index contributed by atoms with van der Waals surface area (Å²) in [7, 11) is 1.73. The molecule has 0 radical (unpaired) electrons. The molecule has 3 saturated carbocycles. The average molecular weight is 445 g/mol. The van der Waals surface area contributed by atoms with Gasteiger partial charge in [-0.15, -0.1) is 0 Å². The lowest BCUT2D eigenvalue weighted by molar-refractivity contribution is -0.216. The zero-order chi connectivity index (χ0) is 23.5. The van der Waals surface area contributed by atoms with Gasteiger partial charge in [0.05, 0.1) is 6.10 Å². The van der Waals surface area contributed by atoms with Gasteiger partial charge in [-0.25, -0.2) is 0 Å². The molecule has 0 aromatic heterocycles. The van der Waals surface area contributed by atoms with Crippen LogP contribution < -0.4 is 0 Å². The fraction of sp³-hybridized carbons (Fsp3) is 0.862. The standard InChI is InChI=1S/C29H48O3/c1-18(2)19(3)8-9-20(4)23-10-11-24-22-16-26(32-7)29(31)17-21(30)12-15-28(29,6)25(22)13-14-27(23,24)5/h8-9,16,18-21,23-26,30-31H,10-15,17H2,1-7H3/b9-8+/t19?,20?,21-,23?,24?,25?,26+,27+,28+,29-/m0/s1. The quantitative estimate of drug-likeness (QED) is 0.500. The van der Waals surface area contributed by atoms with E-state index < -0.39 is 11.7 Å². The second kappa shape index (κ2) is 8.54. The number of methoxy groups -OCH3 is 1. The molecular formula is C29H48O3. The van der Waals surface area contributed by atoms with Crippen LogP contribution in [0.4, 0.5) is 0 Å². The third-order valence-corrected chi connectivity index (χ3v) is 11.0. The van der Waals surface area contributed by atoms with Crippen molar-refractivity contribution in [1.29, 1.82) is 0 Å². The Kier molecular flexibility index (Phi) is 6.53. The second-order valence-corrected chi connectivity index (χ2v) is 12.7. The molecule has 5 unspecified atom stereocenters. The number of ether oxygens (including phenoxy) is 1. The van der Waals surface area contributed by atoms with Crippen molar-refractivity contribution in [1.82, 2.24) is 0 Å². The molecule has 0 aromatic rings. The summed E-state index contributed by atoms with van der Waals surface area (Å²) < 4.78 is 5.92. The Morgan fingerprint density at radius 2 is 1.72 bits per heavy atom. The lowest BCUT2D eigenvalue weighted by atomic mass is 9.45. The van der Waals surface area contributed by atoms with Crippen LogP contribution in [0.3, 0.4) is 0 Å². The van der Waals surface area contributed by atoms with Crippen molar-refractivity contribution in [2.45, 2.75) is 104 Å². The summed E-state index contributed by atoms with van der Waals surface area (Å²) in [5.41, 5.74) is 0.714. The minimum absolute atomic E-state index is 0.214. The number of hydrogen-bond acceptors (Lipinski definition) is 3. The van der Waals surface area contributed by atoms with Gasteiger partial charge in [-0.1, -0.05) is 65.3 Å². The molecular weight excluding hydrogens is 396 g/mol. The van der Waals surface area contributed by atoms with Crippen molar-refractivity contribution in [2.24, 2.45) is 46.3 Å². The molecule has 3 heteroatoms. The molecule has 3 nitrogen and oxygen atoms in total. The van der Waals surface area contributed by atoms with E-state index in [1.807, 2.05) is 0 Å². The molecule has 0 spiro atoms. The van der Waals surface area contributed by atoms with Crippen molar-refractivity contribution >= 4 is 0 Å². The van der Waals surface area contributed by atoms with Crippen molar-refractivity contribution in [2.75, 3.05) is 7.11 Å².